The van der Waals surface area contributed by atoms with E-state index < -0.39 is 35.4 Å². The van der Waals surface area contributed by atoms with E-state index in [1.165, 1.54) is 36.4 Å². The summed E-state index contributed by atoms with van der Waals surface area (Å²) in [7, 11) is 0. The van der Waals surface area contributed by atoms with Crippen molar-refractivity contribution in [3.05, 3.63) is 228 Å². The SMILES string of the molecule is O=C(Nc1ccc(N=Nc2ccccc2)cc1)c1ccc2c(c1)C(=O)N(c1ccc(Oc3ccc(N4C(=O)c5ccc(C(=O)Nc6ccc(N=Nc7ccccc7)cc6)cc5C4=O)cc3)cc1)C2=O. The maximum absolute atomic E-state index is 13.6. The van der Waals surface area contributed by atoms with Crippen LogP contribution in [-0.4, -0.2) is 35.4 Å². The summed E-state index contributed by atoms with van der Waals surface area (Å²) in [6.07, 6.45) is 0. The first-order chi connectivity index (χ1) is 33.6. The number of benzene rings is 8. The van der Waals surface area contributed by atoms with Gasteiger partial charge in [-0.15, -0.1) is 0 Å². The number of ether oxygens (including phenoxy) is 1. The van der Waals surface area contributed by atoms with Crippen LogP contribution in [0.15, 0.2) is 215 Å². The van der Waals surface area contributed by atoms with Gasteiger partial charge in [0.25, 0.3) is 35.4 Å². The number of imide groups is 2. The molecule has 69 heavy (non-hydrogen) atoms. The van der Waals surface area contributed by atoms with E-state index in [1.54, 1.807) is 97.1 Å². The predicted octanol–water partition coefficient (Wildman–Crippen LogP) is 12.4. The lowest BCUT2D eigenvalue weighted by molar-refractivity contribution is 0.0910. The number of amides is 6. The summed E-state index contributed by atoms with van der Waals surface area (Å²) in [5, 5.41) is 22.4. The quantitative estimate of drug-likeness (QED) is 0.0899. The first kappa shape index (κ1) is 42.9. The highest BCUT2D eigenvalue weighted by Crippen LogP contribution is 2.34. The normalized spacial score (nSPS) is 13.0. The van der Waals surface area contributed by atoms with Gasteiger partial charge in [0, 0.05) is 22.5 Å². The molecule has 0 bridgehead atoms. The molecule has 15 nitrogen and oxygen atoms in total. The second-order valence-corrected chi connectivity index (χ2v) is 15.6. The van der Waals surface area contributed by atoms with Gasteiger partial charge >= 0.3 is 0 Å². The summed E-state index contributed by atoms with van der Waals surface area (Å²) in [5.74, 6) is -2.41. The number of fused-ring (bicyclic) bond motifs is 2. The minimum absolute atomic E-state index is 0.0929. The van der Waals surface area contributed by atoms with Gasteiger partial charge in [0.1, 0.15) is 11.5 Å². The van der Waals surface area contributed by atoms with E-state index in [0.717, 1.165) is 9.80 Å². The van der Waals surface area contributed by atoms with Crippen molar-refractivity contribution in [1.82, 2.24) is 0 Å². The largest absolute Gasteiger partial charge is 0.457 e. The molecular weight excluding hydrogens is 873 g/mol. The van der Waals surface area contributed by atoms with Gasteiger partial charge in [-0.25, -0.2) is 9.80 Å². The third-order valence-corrected chi connectivity index (χ3v) is 11.0. The van der Waals surface area contributed by atoms with Crippen molar-refractivity contribution in [3.63, 3.8) is 0 Å². The zero-order chi connectivity index (χ0) is 47.4. The topological polar surface area (TPSA) is 192 Å². The number of nitrogens with zero attached hydrogens (tertiary/aromatic N) is 6. The Morgan fingerprint density at radius 3 is 1.06 bits per heavy atom. The predicted molar refractivity (Wildman–Crippen MR) is 258 cm³/mol. The first-order valence-corrected chi connectivity index (χ1v) is 21.4. The van der Waals surface area contributed by atoms with Crippen LogP contribution in [0.5, 0.6) is 11.5 Å². The fraction of sp³-hybridized carbons (Fsp3) is 0. The van der Waals surface area contributed by atoms with Crippen molar-refractivity contribution >= 4 is 80.9 Å². The fourth-order valence-electron chi connectivity index (χ4n) is 7.55. The second kappa shape index (κ2) is 18.5. The maximum Gasteiger partial charge on any atom is 0.266 e. The molecule has 6 amide bonds. The minimum Gasteiger partial charge on any atom is -0.457 e. The number of hydrogen-bond donors (Lipinski definition) is 2. The van der Waals surface area contributed by atoms with Gasteiger partial charge in [-0.05, 0) is 158 Å². The van der Waals surface area contributed by atoms with Gasteiger partial charge in [0.15, 0.2) is 0 Å². The van der Waals surface area contributed by atoms with Crippen LogP contribution in [0.25, 0.3) is 0 Å². The van der Waals surface area contributed by atoms with E-state index in [-0.39, 0.29) is 33.4 Å². The summed E-state index contributed by atoms with van der Waals surface area (Å²) in [6, 6.07) is 53.5. The number of anilines is 4. The Hall–Kier alpha value is -10.0. The molecule has 0 fully saturated rings. The van der Waals surface area contributed by atoms with Crippen molar-refractivity contribution in [2.75, 3.05) is 20.4 Å². The van der Waals surface area contributed by atoms with Crippen molar-refractivity contribution < 1.29 is 33.5 Å². The molecule has 2 aliphatic rings. The van der Waals surface area contributed by atoms with Gasteiger partial charge in [-0.2, -0.15) is 20.5 Å². The Labute approximate surface area is 393 Å². The van der Waals surface area contributed by atoms with Crippen molar-refractivity contribution in [1.29, 1.82) is 0 Å². The van der Waals surface area contributed by atoms with Crippen LogP contribution in [0.3, 0.4) is 0 Å². The van der Waals surface area contributed by atoms with Crippen molar-refractivity contribution in [2.45, 2.75) is 0 Å². The molecule has 2 aliphatic heterocycles. The third-order valence-electron chi connectivity index (χ3n) is 11.0. The average Bonchev–Trinajstić information content (AvgIpc) is 3.79. The molecule has 2 heterocycles. The van der Waals surface area contributed by atoms with Gasteiger partial charge in [0.2, 0.25) is 0 Å². The molecular formula is C54H34N8O7. The van der Waals surface area contributed by atoms with Crippen LogP contribution in [0, 0.1) is 0 Å². The van der Waals surface area contributed by atoms with Crippen LogP contribution >= 0.6 is 0 Å². The Kier molecular flexibility index (Phi) is 11.5. The smallest absolute Gasteiger partial charge is 0.266 e. The number of rotatable bonds is 12. The highest BCUT2D eigenvalue weighted by molar-refractivity contribution is 6.35. The molecule has 0 saturated heterocycles. The molecule has 0 unspecified atom stereocenters. The number of hydrogen-bond acceptors (Lipinski definition) is 11. The number of carbonyl (C=O) groups is 6. The number of nitrogens with one attached hydrogen (secondary N) is 2. The van der Waals surface area contributed by atoms with Crippen molar-refractivity contribution in [2.24, 2.45) is 20.5 Å². The Bertz CT molecular complexity index is 3170. The van der Waals surface area contributed by atoms with E-state index in [4.69, 9.17) is 4.74 Å². The molecule has 0 aromatic heterocycles. The lowest BCUT2D eigenvalue weighted by atomic mass is 10.1. The van der Waals surface area contributed by atoms with Gasteiger partial charge in [-0.1, -0.05) is 36.4 Å². The molecule has 8 aromatic carbocycles. The molecule has 0 radical (unpaired) electrons. The van der Waals surface area contributed by atoms with Gasteiger partial charge in [0.05, 0.1) is 56.4 Å². The van der Waals surface area contributed by atoms with E-state index in [2.05, 4.69) is 31.1 Å². The fourth-order valence-corrected chi connectivity index (χ4v) is 7.55. The summed E-state index contributed by atoms with van der Waals surface area (Å²) in [5.41, 5.74) is 5.11. The van der Waals surface area contributed by atoms with Crippen LogP contribution < -0.4 is 25.2 Å². The number of carbonyl (C=O) groups excluding carboxylic acids is 6. The monoisotopic (exact) mass is 906 g/mol. The highest BCUT2D eigenvalue weighted by Gasteiger charge is 2.38. The lowest BCUT2D eigenvalue weighted by Gasteiger charge is -2.16. The van der Waals surface area contributed by atoms with E-state index in [0.29, 0.717) is 57.0 Å². The average molecular weight is 907 g/mol. The summed E-state index contributed by atoms with van der Waals surface area (Å²) >= 11 is 0. The highest BCUT2D eigenvalue weighted by atomic mass is 16.5. The van der Waals surface area contributed by atoms with Crippen LogP contribution in [-0.2, 0) is 0 Å². The molecule has 0 atom stereocenters. The van der Waals surface area contributed by atoms with Gasteiger partial charge < -0.3 is 15.4 Å². The maximum atomic E-state index is 13.6. The Morgan fingerprint density at radius 1 is 0.362 bits per heavy atom. The summed E-state index contributed by atoms with van der Waals surface area (Å²) < 4.78 is 6.01. The second-order valence-electron chi connectivity index (χ2n) is 15.6. The Balaban J connectivity index is 0.743. The van der Waals surface area contributed by atoms with E-state index in [9.17, 15) is 28.8 Å². The molecule has 15 heteroatoms. The molecule has 0 aliphatic carbocycles. The first-order valence-electron chi connectivity index (χ1n) is 21.4. The standard InChI is InChI=1S/C54H34N8O7/c63-49(55-35-13-17-39(18-14-35)59-57-37-7-3-1-4-8-37)33-11-29-45-47(31-33)53(67)61(51(45)65)41-21-25-43(26-22-41)69-44-27-23-42(24-28-44)62-52(66)46-30-12-34(32-48(46)54(62)68)50(64)56-36-15-19-40(20-16-36)60-58-38-9-5-2-6-10-38/h1-32H,(H,55,63)(H,56,64). The third kappa shape index (κ3) is 9.01. The van der Waals surface area contributed by atoms with Crippen LogP contribution in [0.4, 0.5) is 45.5 Å². The number of azo groups is 2. The van der Waals surface area contributed by atoms with E-state index in [1.807, 2.05) is 60.7 Å². The summed E-state index contributed by atoms with van der Waals surface area (Å²) in [6.45, 7) is 0. The molecule has 0 spiro atoms. The van der Waals surface area contributed by atoms with Crippen molar-refractivity contribution in [3.8, 4) is 11.5 Å². The Morgan fingerprint density at radius 2 is 0.696 bits per heavy atom. The molecule has 332 valence electrons. The molecule has 10 rings (SSSR count). The zero-order valence-electron chi connectivity index (χ0n) is 36.0. The molecule has 2 N–H and O–H groups in total. The minimum atomic E-state index is -0.583. The molecule has 0 saturated carbocycles. The van der Waals surface area contributed by atoms with E-state index >= 15 is 0 Å². The van der Waals surface area contributed by atoms with Crippen LogP contribution in [0.1, 0.15) is 62.1 Å². The van der Waals surface area contributed by atoms with Gasteiger partial charge in [-0.3, -0.25) is 28.8 Å². The zero-order valence-corrected chi connectivity index (χ0v) is 36.0. The summed E-state index contributed by atoms with van der Waals surface area (Å²) in [4.78, 5) is 82.6. The lowest BCUT2D eigenvalue weighted by Crippen LogP contribution is -2.29. The van der Waals surface area contributed by atoms with Crippen LogP contribution in [0.2, 0.25) is 0 Å². The molecule has 8 aromatic rings.